The third kappa shape index (κ3) is 4.98. The van der Waals surface area contributed by atoms with Gasteiger partial charge in [0.2, 0.25) is 15.9 Å². The fourth-order valence-corrected chi connectivity index (χ4v) is 7.31. The van der Waals surface area contributed by atoms with Crippen LogP contribution in [0.4, 0.5) is 10.1 Å². The van der Waals surface area contributed by atoms with Gasteiger partial charge in [-0.25, -0.2) is 12.8 Å². The number of rotatable bonds is 6. The first-order valence-electron chi connectivity index (χ1n) is 12.9. The minimum absolute atomic E-state index is 0.137. The number of hydrogen-bond acceptors (Lipinski definition) is 3. The summed E-state index contributed by atoms with van der Waals surface area (Å²) in [5.74, 6) is -0.343. The van der Waals surface area contributed by atoms with E-state index in [1.54, 1.807) is 18.2 Å². The Morgan fingerprint density at radius 1 is 1.00 bits per heavy atom. The molecule has 0 spiro atoms. The highest BCUT2D eigenvalue weighted by molar-refractivity contribution is 7.89. The second kappa shape index (κ2) is 10.3. The Morgan fingerprint density at radius 2 is 1.68 bits per heavy atom. The Morgan fingerprint density at radius 3 is 2.37 bits per heavy atom. The van der Waals surface area contributed by atoms with Crippen LogP contribution in [0.2, 0.25) is 0 Å². The van der Waals surface area contributed by atoms with Crippen LogP contribution in [0.15, 0.2) is 71.6 Å². The minimum Gasteiger partial charge on any atom is -0.340 e. The Bertz CT molecular complexity index is 1600. The highest BCUT2D eigenvalue weighted by Crippen LogP contribution is 2.39. The summed E-state index contributed by atoms with van der Waals surface area (Å²) in [6, 6.07) is 20.0. The van der Waals surface area contributed by atoms with E-state index >= 15 is 0 Å². The summed E-state index contributed by atoms with van der Waals surface area (Å²) in [5, 5.41) is 3.85. The van der Waals surface area contributed by atoms with Crippen molar-refractivity contribution in [1.82, 2.24) is 8.87 Å². The lowest BCUT2D eigenvalue weighted by Crippen LogP contribution is -2.38. The smallest absolute Gasteiger partial charge is 0.245 e. The lowest BCUT2D eigenvalue weighted by molar-refractivity contribution is -0.114. The third-order valence-electron chi connectivity index (χ3n) is 7.46. The Balaban J connectivity index is 1.42. The molecule has 1 aromatic heterocycles. The molecule has 38 heavy (non-hydrogen) atoms. The van der Waals surface area contributed by atoms with Crippen LogP contribution in [0.3, 0.4) is 0 Å². The number of amides is 1. The summed E-state index contributed by atoms with van der Waals surface area (Å²) in [7, 11) is -3.78. The molecule has 1 aliphatic heterocycles. The molecule has 4 aromatic rings. The number of aromatic nitrogens is 1. The Hall–Kier alpha value is -3.49. The number of carbonyl (C=O) groups excluding carboxylic acids is 1. The quantitative estimate of drug-likeness (QED) is 0.332. The summed E-state index contributed by atoms with van der Waals surface area (Å²) >= 11 is 0. The Kier molecular flexibility index (Phi) is 7.11. The molecule has 1 aliphatic rings. The molecule has 1 fully saturated rings. The SMILES string of the molecule is CC(=O)Nc1ccc(C)cc1S(=O)(=O)N1CCC(c2c(C)n(Cc3ccc(F)cc3)c3ccccc23)CC1. The highest BCUT2D eigenvalue weighted by Gasteiger charge is 2.33. The van der Waals surface area contributed by atoms with E-state index in [9.17, 15) is 17.6 Å². The summed E-state index contributed by atoms with van der Waals surface area (Å²) in [4.78, 5) is 11.8. The normalized spacial score (nSPS) is 15.2. The summed E-state index contributed by atoms with van der Waals surface area (Å²) in [6.45, 7) is 6.77. The van der Waals surface area contributed by atoms with Gasteiger partial charge in [-0.1, -0.05) is 36.4 Å². The Labute approximate surface area is 223 Å². The lowest BCUT2D eigenvalue weighted by Gasteiger charge is -2.32. The number of benzene rings is 3. The van der Waals surface area contributed by atoms with Crippen molar-refractivity contribution in [3.63, 3.8) is 0 Å². The number of piperidine rings is 1. The molecule has 5 rings (SSSR count). The van der Waals surface area contributed by atoms with Gasteiger partial charge in [0, 0.05) is 43.2 Å². The van der Waals surface area contributed by atoms with Crippen LogP contribution in [0.1, 0.15) is 48.1 Å². The van der Waals surface area contributed by atoms with Crippen LogP contribution in [0.25, 0.3) is 10.9 Å². The van der Waals surface area contributed by atoms with Crippen LogP contribution >= 0.6 is 0 Å². The van der Waals surface area contributed by atoms with E-state index in [0.717, 1.165) is 22.3 Å². The maximum Gasteiger partial charge on any atom is 0.245 e. The van der Waals surface area contributed by atoms with E-state index in [2.05, 4.69) is 28.9 Å². The van der Waals surface area contributed by atoms with Gasteiger partial charge in [-0.2, -0.15) is 4.31 Å². The molecular weight excluding hydrogens is 501 g/mol. The van der Waals surface area contributed by atoms with Gasteiger partial charge in [0.05, 0.1) is 5.69 Å². The van der Waals surface area contributed by atoms with E-state index in [4.69, 9.17) is 0 Å². The number of fused-ring (bicyclic) bond motifs is 1. The van der Waals surface area contributed by atoms with Crippen molar-refractivity contribution in [2.75, 3.05) is 18.4 Å². The van der Waals surface area contributed by atoms with Gasteiger partial charge in [-0.3, -0.25) is 4.79 Å². The molecule has 6 nitrogen and oxygen atoms in total. The lowest BCUT2D eigenvalue weighted by atomic mass is 9.88. The van der Waals surface area contributed by atoms with Gasteiger partial charge in [0.1, 0.15) is 10.7 Å². The number of anilines is 1. The van der Waals surface area contributed by atoms with Gasteiger partial charge in [0.25, 0.3) is 0 Å². The molecular formula is C30H32FN3O3S. The van der Waals surface area contributed by atoms with Crippen molar-refractivity contribution in [2.45, 2.75) is 51.0 Å². The molecule has 1 N–H and O–H groups in total. The van der Waals surface area contributed by atoms with Gasteiger partial charge in [-0.15, -0.1) is 0 Å². The molecule has 0 atom stereocenters. The van der Waals surface area contributed by atoms with E-state index < -0.39 is 10.0 Å². The van der Waals surface area contributed by atoms with Gasteiger partial charge in [-0.05, 0) is 79.6 Å². The van der Waals surface area contributed by atoms with Gasteiger partial charge >= 0.3 is 0 Å². The third-order valence-corrected chi connectivity index (χ3v) is 9.40. The largest absolute Gasteiger partial charge is 0.340 e. The second-order valence-electron chi connectivity index (χ2n) is 10.1. The van der Waals surface area contributed by atoms with Gasteiger partial charge in [0.15, 0.2) is 0 Å². The zero-order chi connectivity index (χ0) is 27.0. The molecule has 0 aliphatic carbocycles. The molecule has 8 heteroatoms. The topological polar surface area (TPSA) is 71.4 Å². The molecule has 1 amide bonds. The van der Waals surface area contributed by atoms with Crippen molar-refractivity contribution < 1.29 is 17.6 Å². The maximum atomic E-state index is 13.6. The molecule has 0 bridgehead atoms. The first-order chi connectivity index (χ1) is 18.1. The van der Waals surface area contributed by atoms with E-state index in [1.165, 1.54) is 34.3 Å². The fourth-order valence-electron chi connectivity index (χ4n) is 5.61. The standard InChI is InChI=1S/C30H32FN3O3S/c1-20-8-13-27(32-22(3)35)29(18-20)38(36,37)33-16-14-24(15-17-33)30-21(2)34(28-7-5-4-6-26(28)30)19-23-9-11-25(31)12-10-23/h4-13,18,24H,14-17,19H2,1-3H3,(H,32,35). The van der Waals surface area contributed by atoms with E-state index in [-0.39, 0.29) is 22.5 Å². The number of nitrogens with zero attached hydrogens (tertiary/aromatic N) is 2. The van der Waals surface area contributed by atoms with Crippen LogP contribution in [0.5, 0.6) is 0 Å². The van der Waals surface area contributed by atoms with E-state index in [0.29, 0.717) is 38.2 Å². The zero-order valence-corrected chi connectivity index (χ0v) is 22.7. The predicted octanol–water partition coefficient (Wildman–Crippen LogP) is 5.97. The monoisotopic (exact) mass is 533 g/mol. The molecule has 198 valence electrons. The summed E-state index contributed by atoms with van der Waals surface area (Å²) in [6.07, 6.45) is 1.40. The second-order valence-corrected chi connectivity index (χ2v) is 12.0. The van der Waals surface area contributed by atoms with E-state index in [1.807, 2.05) is 31.2 Å². The number of halogens is 1. The van der Waals surface area contributed by atoms with Crippen LogP contribution in [-0.4, -0.2) is 36.3 Å². The van der Waals surface area contributed by atoms with Crippen molar-refractivity contribution in [2.24, 2.45) is 0 Å². The zero-order valence-electron chi connectivity index (χ0n) is 21.9. The summed E-state index contributed by atoms with van der Waals surface area (Å²) < 4.78 is 44.5. The first-order valence-corrected chi connectivity index (χ1v) is 14.3. The van der Waals surface area contributed by atoms with Crippen LogP contribution < -0.4 is 5.32 Å². The van der Waals surface area contributed by atoms with Crippen molar-refractivity contribution in [3.8, 4) is 0 Å². The number of hydrogen-bond donors (Lipinski definition) is 1. The molecule has 3 aromatic carbocycles. The molecule has 2 heterocycles. The number of para-hydroxylation sites is 1. The number of nitrogens with one attached hydrogen (secondary N) is 1. The average molecular weight is 534 g/mol. The van der Waals surface area contributed by atoms with Crippen molar-refractivity contribution in [1.29, 1.82) is 0 Å². The fraction of sp³-hybridized carbons (Fsp3) is 0.300. The number of sulfonamides is 1. The first kappa shape index (κ1) is 26.1. The van der Waals surface area contributed by atoms with Gasteiger partial charge < -0.3 is 9.88 Å². The van der Waals surface area contributed by atoms with Crippen LogP contribution in [0, 0.1) is 19.7 Å². The average Bonchev–Trinajstić information content (AvgIpc) is 3.17. The molecule has 0 unspecified atom stereocenters. The van der Waals surface area contributed by atoms with Crippen LogP contribution in [-0.2, 0) is 21.4 Å². The number of carbonyl (C=O) groups is 1. The molecule has 0 saturated carbocycles. The predicted molar refractivity (Wildman–Crippen MR) is 148 cm³/mol. The minimum atomic E-state index is -3.78. The number of aryl methyl sites for hydroxylation is 1. The molecule has 1 saturated heterocycles. The summed E-state index contributed by atoms with van der Waals surface area (Å²) in [5.41, 5.74) is 5.69. The molecule has 0 radical (unpaired) electrons. The highest BCUT2D eigenvalue weighted by atomic mass is 32.2. The maximum absolute atomic E-state index is 13.6. The van der Waals surface area contributed by atoms with Crippen molar-refractivity contribution in [3.05, 3.63) is 94.9 Å². The van der Waals surface area contributed by atoms with Crippen molar-refractivity contribution >= 4 is 32.5 Å².